The summed E-state index contributed by atoms with van der Waals surface area (Å²) >= 11 is 0. The van der Waals surface area contributed by atoms with Crippen molar-refractivity contribution in [3.05, 3.63) is 0 Å². The van der Waals surface area contributed by atoms with Crippen LogP contribution in [-0.2, 0) is 0 Å². The second-order valence-corrected chi connectivity index (χ2v) is 4.40. The molecule has 3 N–H and O–H groups in total. The Hall–Kier alpha value is -0.570. The molecule has 0 atom stereocenters. The molecule has 1 saturated carbocycles. The van der Waals surface area contributed by atoms with Crippen LogP contribution in [0.1, 0.15) is 44.9 Å². The molecule has 0 unspecified atom stereocenters. The first-order chi connectivity index (χ1) is 6.70. The second-order valence-electron chi connectivity index (χ2n) is 4.40. The number of nitrogens with one attached hydrogen (secondary N) is 1. The van der Waals surface area contributed by atoms with E-state index in [0.717, 1.165) is 25.4 Å². The molecule has 0 radical (unpaired) electrons. The lowest BCUT2D eigenvalue weighted by Gasteiger charge is -2.23. The van der Waals surface area contributed by atoms with Crippen LogP contribution in [0.3, 0.4) is 0 Å². The van der Waals surface area contributed by atoms with Gasteiger partial charge < -0.3 is 10.6 Å². The van der Waals surface area contributed by atoms with Crippen molar-refractivity contribution in [1.29, 1.82) is 5.41 Å². The van der Waals surface area contributed by atoms with E-state index in [1.807, 2.05) is 0 Å². The molecule has 0 aliphatic heterocycles. The van der Waals surface area contributed by atoms with E-state index < -0.39 is 0 Å². The fourth-order valence-corrected chi connectivity index (χ4v) is 2.20. The van der Waals surface area contributed by atoms with Gasteiger partial charge in [0.05, 0.1) is 5.84 Å². The number of rotatable bonds is 6. The molecule has 1 aliphatic rings. The lowest BCUT2D eigenvalue weighted by molar-refractivity contribution is 0.241. The summed E-state index contributed by atoms with van der Waals surface area (Å²) in [6.07, 6.45) is 8.56. The summed E-state index contributed by atoms with van der Waals surface area (Å²) < 4.78 is 0. The maximum Gasteiger partial charge on any atom is 0.0905 e. The van der Waals surface area contributed by atoms with Crippen LogP contribution < -0.4 is 5.73 Å². The predicted octanol–water partition coefficient (Wildman–Crippen LogP) is 1.97. The van der Waals surface area contributed by atoms with Crippen molar-refractivity contribution < 1.29 is 0 Å². The van der Waals surface area contributed by atoms with Crippen molar-refractivity contribution in [2.45, 2.75) is 51.0 Å². The van der Waals surface area contributed by atoms with Gasteiger partial charge in [-0.1, -0.05) is 12.8 Å². The lowest BCUT2D eigenvalue weighted by Crippen LogP contribution is -2.30. The summed E-state index contributed by atoms with van der Waals surface area (Å²) in [7, 11) is 2.23. The molecule has 0 saturated heterocycles. The molecule has 3 nitrogen and oxygen atoms in total. The topological polar surface area (TPSA) is 53.1 Å². The average Bonchev–Trinajstić information content (AvgIpc) is 2.64. The van der Waals surface area contributed by atoms with Gasteiger partial charge in [-0.2, -0.15) is 0 Å². The third-order valence-corrected chi connectivity index (χ3v) is 3.15. The van der Waals surface area contributed by atoms with Gasteiger partial charge in [0, 0.05) is 12.5 Å². The molecule has 1 aliphatic carbocycles. The van der Waals surface area contributed by atoms with Crippen molar-refractivity contribution in [3.8, 4) is 0 Å². The Kier molecular flexibility index (Phi) is 4.94. The van der Waals surface area contributed by atoms with E-state index in [0.29, 0.717) is 5.84 Å². The molecule has 1 rings (SSSR count). The third-order valence-electron chi connectivity index (χ3n) is 3.15. The van der Waals surface area contributed by atoms with Gasteiger partial charge in [-0.15, -0.1) is 0 Å². The van der Waals surface area contributed by atoms with Gasteiger partial charge in [0.25, 0.3) is 0 Å². The highest BCUT2D eigenvalue weighted by molar-refractivity contribution is 5.76. The van der Waals surface area contributed by atoms with E-state index >= 15 is 0 Å². The molecule has 0 amide bonds. The summed E-state index contributed by atoms with van der Waals surface area (Å²) in [5.41, 5.74) is 5.30. The van der Waals surface area contributed by atoms with Crippen LogP contribution in [-0.4, -0.2) is 30.4 Å². The summed E-state index contributed by atoms with van der Waals surface area (Å²) in [5, 5.41) is 7.11. The molecular weight excluding hydrogens is 174 g/mol. The fraction of sp³-hybridized carbons (Fsp3) is 0.909. The number of unbranched alkanes of at least 4 members (excludes halogenated alkanes) is 1. The highest BCUT2D eigenvalue weighted by Gasteiger charge is 2.18. The van der Waals surface area contributed by atoms with E-state index in [1.165, 1.54) is 32.1 Å². The van der Waals surface area contributed by atoms with Crippen LogP contribution in [0.15, 0.2) is 0 Å². The largest absolute Gasteiger partial charge is 0.388 e. The first kappa shape index (κ1) is 11.5. The van der Waals surface area contributed by atoms with Crippen molar-refractivity contribution >= 4 is 5.84 Å². The summed E-state index contributed by atoms with van der Waals surface area (Å²) in [6, 6.07) is 0.826. The lowest BCUT2D eigenvalue weighted by atomic mass is 10.2. The SMILES string of the molecule is CN(CCCCC(=N)N)C1CCCC1. The molecule has 0 aromatic heterocycles. The minimum absolute atomic E-state index is 0.327. The Balaban J connectivity index is 2.02. The maximum atomic E-state index is 7.11. The van der Waals surface area contributed by atoms with E-state index in [2.05, 4.69) is 11.9 Å². The van der Waals surface area contributed by atoms with Gasteiger partial charge in [-0.05, 0) is 39.3 Å². The molecule has 3 heteroatoms. The number of nitrogens with two attached hydrogens (primary N) is 1. The van der Waals surface area contributed by atoms with Crippen molar-refractivity contribution in [3.63, 3.8) is 0 Å². The number of hydrogen-bond donors (Lipinski definition) is 2. The standard InChI is InChI=1S/C11H23N3/c1-14(10-6-2-3-7-10)9-5-4-8-11(12)13/h10H,2-9H2,1H3,(H3,12,13). The van der Waals surface area contributed by atoms with Crippen LogP contribution in [0.25, 0.3) is 0 Å². The Morgan fingerprint density at radius 3 is 2.57 bits per heavy atom. The smallest absolute Gasteiger partial charge is 0.0905 e. The fourth-order valence-electron chi connectivity index (χ4n) is 2.20. The third kappa shape index (κ3) is 4.09. The van der Waals surface area contributed by atoms with Crippen LogP contribution in [0.2, 0.25) is 0 Å². The average molecular weight is 197 g/mol. The second kappa shape index (κ2) is 6.02. The highest BCUT2D eigenvalue weighted by atomic mass is 15.1. The Morgan fingerprint density at radius 1 is 1.36 bits per heavy atom. The molecular formula is C11H23N3. The maximum absolute atomic E-state index is 7.11. The molecule has 0 bridgehead atoms. The van der Waals surface area contributed by atoms with Crippen LogP contribution >= 0.6 is 0 Å². The summed E-state index contributed by atoms with van der Waals surface area (Å²) in [4.78, 5) is 2.48. The Morgan fingerprint density at radius 2 is 2.00 bits per heavy atom. The zero-order valence-corrected chi connectivity index (χ0v) is 9.26. The van der Waals surface area contributed by atoms with E-state index in [9.17, 15) is 0 Å². The summed E-state index contributed by atoms with van der Waals surface area (Å²) in [6.45, 7) is 1.16. The van der Waals surface area contributed by atoms with Gasteiger partial charge >= 0.3 is 0 Å². The molecule has 0 spiro atoms. The zero-order chi connectivity index (χ0) is 10.4. The van der Waals surface area contributed by atoms with Crippen LogP contribution in [0.4, 0.5) is 0 Å². The number of hydrogen-bond acceptors (Lipinski definition) is 2. The Labute approximate surface area is 87.2 Å². The molecule has 0 heterocycles. The number of nitrogens with zero attached hydrogens (tertiary/aromatic N) is 1. The normalized spacial score (nSPS) is 17.9. The van der Waals surface area contributed by atoms with Gasteiger partial charge in [0.2, 0.25) is 0 Å². The van der Waals surface area contributed by atoms with E-state index in [-0.39, 0.29) is 0 Å². The minimum atomic E-state index is 0.327. The number of amidine groups is 1. The predicted molar refractivity (Wildman–Crippen MR) is 60.7 cm³/mol. The molecule has 1 fully saturated rings. The monoisotopic (exact) mass is 197 g/mol. The van der Waals surface area contributed by atoms with E-state index in [1.54, 1.807) is 0 Å². The highest BCUT2D eigenvalue weighted by Crippen LogP contribution is 2.22. The van der Waals surface area contributed by atoms with Crippen molar-refractivity contribution in [2.75, 3.05) is 13.6 Å². The zero-order valence-electron chi connectivity index (χ0n) is 9.26. The first-order valence-electron chi connectivity index (χ1n) is 5.73. The first-order valence-corrected chi connectivity index (χ1v) is 5.73. The van der Waals surface area contributed by atoms with Gasteiger partial charge in [0.15, 0.2) is 0 Å². The van der Waals surface area contributed by atoms with Crippen molar-refractivity contribution in [1.82, 2.24) is 4.90 Å². The van der Waals surface area contributed by atoms with Gasteiger partial charge in [-0.3, -0.25) is 5.41 Å². The molecule has 0 aromatic carbocycles. The molecule has 82 valence electrons. The van der Waals surface area contributed by atoms with Crippen LogP contribution in [0, 0.1) is 5.41 Å². The van der Waals surface area contributed by atoms with Crippen molar-refractivity contribution in [2.24, 2.45) is 5.73 Å². The Bertz CT molecular complexity index is 173. The molecule has 0 aromatic rings. The minimum Gasteiger partial charge on any atom is -0.388 e. The van der Waals surface area contributed by atoms with E-state index in [4.69, 9.17) is 11.1 Å². The van der Waals surface area contributed by atoms with Crippen LogP contribution in [0.5, 0.6) is 0 Å². The molecule has 14 heavy (non-hydrogen) atoms. The quantitative estimate of drug-likeness (QED) is 0.388. The summed E-state index contributed by atoms with van der Waals surface area (Å²) in [5.74, 6) is 0.327. The van der Waals surface area contributed by atoms with Gasteiger partial charge in [-0.25, -0.2) is 0 Å². The van der Waals surface area contributed by atoms with Gasteiger partial charge in [0.1, 0.15) is 0 Å².